The molecule has 0 fully saturated rings. The molecule has 1 aromatic rings. The molecule has 1 rings (SSSR count). The topological polar surface area (TPSA) is 34.0 Å². The lowest BCUT2D eigenvalue weighted by atomic mass is 10.1. The Morgan fingerprint density at radius 3 is 2.81 bits per heavy atom. The Morgan fingerprint density at radius 1 is 1.50 bits per heavy atom. The van der Waals surface area contributed by atoms with Gasteiger partial charge in [-0.1, -0.05) is 26.2 Å². The van der Waals surface area contributed by atoms with E-state index in [0.717, 1.165) is 12.1 Å². The maximum Gasteiger partial charge on any atom is 0.268 e. The van der Waals surface area contributed by atoms with Gasteiger partial charge in [0, 0.05) is 19.3 Å². The summed E-state index contributed by atoms with van der Waals surface area (Å²) >= 11 is 0. The summed E-state index contributed by atoms with van der Waals surface area (Å²) in [5, 5.41) is 3.02. The van der Waals surface area contributed by atoms with Crippen molar-refractivity contribution in [3.8, 4) is 0 Å². The summed E-state index contributed by atoms with van der Waals surface area (Å²) in [6.45, 7) is 4.25. The van der Waals surface area contributed by atoms with Gasteiger partial charge in [0.15, 0.2) is 0 Å². The van der Waals surface area contributed by atoms with Gasteiger partial charge in [0.25, 0.3) is 5.91 Å². The lowest BCUT2D eigenvalue weighted by molar-refractivity contribution is 0.0929. The van der Waals surface area contributed by atoms with Crippen LogP contribution in [0, 0.1) is 0 Å². The number of amides is 1. The van der Waals surface area contributed by atoms with Crippen LogP contribution in [0.3, 0.4) is 0 Å². The van der Waals surface area contributed by atoms with E-state index < -0.39 is 0 Å². The van der Waals surface area contributed by atoms with Crippen molar-refractivity contribution in [2.75, 3.05) is 0 Å². The molecular formula is C13H22N2O. The summed E-state index contributed by atoms with van der Waals surface area (Å²) in [7, 11) is 1.89. The number of hydrogen-bond acceptors (Lipinski definition) is 1. The molecule has 0 aliphatic rings. The molecule has 1 N–H and O–H groups in total. The first kappa shape index (κ1) is 12.8. The quantitative estimate of drug-likeness (QED) is 0.738. The molecule has 1 amide bonds. The number of aromatic nitrogens is 1. The molecule has 0 aromatic carbocycles. The molecule has 0 saturated carbocycles. The zero-order valence-corrected chi connectivity index (χ0v) is 10.5. The fourth-order valence-electron chi connectivity index (χ4n) is 1.77. The Morgan fingerprint density at radius 2 is 2.25 bits per heavy atom. The van der Waals surface area contributed by atoms with E-state index >= 15 is 0 Å². The molecule has 90 valence electrons. The fourth-order valence-corrected chi connectivity index (χ4v) is 1.77. The van der Waals surface area contributed by atoms with Gasteiger partial charge in [0.2, 0.25) is 0 Å². The average molecular weight is 222 g/mol. The molecule has 1 aromatic heterocycles. The summed E-state index contributed by atoms with van der Waals surface area (Å²) in [6.07, 6.45) is 6.59. The van der Waals surface area contributed by atoms with Crippen LogP contribution >= 0.6 is 0 Å². The molecule has 16 heavy (non-hydrogen) atoms. The minimum absolute atomic E-state index is 0.0245. The van der Waals surface area contributed by atoms with Gasteiger partial charge < -0.3 is 9.88 Å². The highest BCUT2D eigenvalue weighted by Crippen LogP contribution is 2.05. The third kappa shape index (κ3) is 3.72. The lowest BCUT2D eigenvalue weighted by Gasteiger charge is -2.13. The van der Waals surface area contributed by atoms with E-state index in [4.69, 9.17) is 0 Å². The largest absolute Gasteiger partial charge is 0.348 e. The number of carbonyl (C=O) groups is 1. The first-order valence-corrected chi connectivity index (χ1v) is 6.07. The van der Waals surface area contributed by atoms with Gasteiger partial charge in [-0.3, -0.25) is 4.79 Å². The first-order valence-electron chi connectivity index (χ1n) is 6.07. The fraction of sp³-hybridized carbons (Fsp3) is 0.615. The highest BCUT2D eigenvalue weighted by atomic mass is 16.2. The van der Waals surface area contributed by atoms with Crippen molar-refractivity contribution in [3.05, 3.63) is 24.0 Å². The minimum atomic E-state index is 0.0245. The Labute approximate surface area is 97.8 Å². The van der Waals surface area contributed by atoms with E-state index in [-0.39, 0.29) is 11.9 Å². The molecule has 3 heteroatoms. The first-order chi connectivity index (χ1) is 7.65. The number of aryl methyl sites for hydroxylation is 1. The number of unbranched alkanes of at least 4 members (excludes halogenated alkanes) is 2. The van der Waals surface area contributed by atoms with Crippen molar-refractivity contribution in [1.29, 1.82) is 0 Å². The molecule has 0 saturated heterocycles. The van der Waals surface area contributed by atoms with Gasteiger partial charge in [0.1, 0.15) is 5.69 Å². The van der Waals surface area contributed by atoms with E-state index in [1.807, 2.05) is 29.9 Å². The van der Waals surface area contributed by atoms with Crippen LogP contribution in [0.5, 0.6) is 0 Å². The van der Waals surface area contributed by atoms with Crippen LogP contribution in [0.25, 0.3) is 0 Å². The van der Waals surface area contributed by atoms with E-state index in [9.17, 15) is 4.79 Å². The van der Waals surface area contributed by atoms with Crippen LogP contribution in [0.4, 0.5) is 0 Å². The van der Waals surface area contributed by atoms with Crippen LogP contribution in [0.2, 0.25) is 0 Å². The second-order valence-corrected chi connectivity index (χ2v) is 4.37. The van der Waals surface area contributed by atoms with Crippen molar-refractivity contribution >= 4 is 5.91 Å². The average Bonchev–Trinajstić information content (AvgIpc) is 2.65. The normalized spacial score (nSPS) is 12.4. The predicted octanol–water partition coefficient (Wildman–Crippen LogP) is 2.72. The monoisotopic (exact) mass is 222 g/mol. The molecular weight excluding hydrogens is 200 g/mol. The van der Waals surface area contributed by atoms with Gasteiger partial charge in [0.05, 0.1) is 0 Å². The molecule has 0 spiro atoms. The molecule has 3 nitrogen and oxygen atoms in total. The number of nitrogens with one attached hydrogen (secondary N) is 1. The van der Waals surface area contributed by atoms with Crippen LogP contribution in [0.15, 0.2) is 18.3 Å². The predicted molar refractivity (Wildman–Crippen MR) is 66.5 cm³/mol. The van der Waals surface area contributed by atoms with Crippen molar-refractivity contribution in [2.45, 2.75) is 45.6 Å². The van der Waals surface area contributed by atoms with Crippen molar-refractivity contribution in [3.63, 3.8) is 0 Å². The van der Waals surface area contributed by atoms with E-state index in [1.165, 1.54) is 19.3 Å². The highest BCUT2D eigenvalue weighted by Gasteiger charge is 2.11. The maximum absolute atomic E-state index is 11.8. The summed E-state index contributed by atoms with van der Waals surface area (Å²) in [5.74, 6) is 0.0245. The van der Waals surface area contributed by atoms with Crippen LogP contribution in [-0.2, 0) is 7.05 Å². The molecule has 0 radical (unpaired) electrons. The molecule has 1 heterocycles. The van der Waals surface area contributed by atoms with Crippen molar-refractivity contribution in [1.82, 2.24) is 9.88 Å². The Balaban J connectivity index is 2.37. The zero-order chi connectivity index (χ0) is 12.0. The standard InChI is InChI=1S/C13H22N2O/c1-4-5-6-8-11(2)14-13(16)12-9-7-10-15(12)3/h7,9-11H,4-6,8H2,1-3H3,(H,14,16). The second kappa shape index (κ2) is 6.36. The van der Waals surface area contributed by atoms with E-state index in [1.54, 1.807) is 0 Å². The third-order valence-electron chi connectivity index (χ3n) is 2.79. The van der Waals surface area contributed by atoms with Gasteiger partial charge in [-0.25, -0.2) is 0 Å². The van der Waals surface area contributed by atoms with Crippen molar-refractivity contribution < 1.29 is 4.79 Å². The van der Waals surface area contributed by atoms with Gasteiger partial charge >= 0.3 is 0 Å². The molecule has 1 atom stereocenters. The van der Waals surface area contributed by atoms with Gasteiger partial charge in [-0.15, -0.1) is 0 Å². The van der Waals surface area contributed by atoms with E-state index in [2.05, 4.69) is 19.2 Å². The van der Waals surface area contributed by atoms with Crippen molar-refractivity contribution in [2.24, 2.45) is 7.05 Å². The number of nitrogens with zero attached hydrogens (tertiary/aromatic N) is 1. The van der Waals surface area contributed by atoms with Crippen LogP contribution in [-0.4, -0.2) is 16.5 Å². The van der Waals surface area contributed by atoms with Crippen LogP contribution < -0.4 is 5.32 Å². The molecule has 0 aliphatic heterocycles. The summed E-state index contributed by atoms with van der Waals surface area (Å²) < 4.78 is 1.84. The highest BCUT2D eigenvalue weighted by molar-refractivity contribution is 5.92. The summed E-state index contributed by atoms with van der Waals surface area (Å²) in [6, 6.07) is 3.99. The number of carbonyl (C=O) groups excluding carboxylic acids is 1. The Bertz CT molecular complexity index is 330. The van der Waals surface area contributed by atoms with Gasteiger partial charge in [-0.2, -0.15) is 0 Å². The Kier molecular flexibility index (Phi) is 5.09. The molecule has 0 bridgehead atoms. The number of hydrogen-bond donors (Lipinski definition) is 1. The molecule has 0 aliphatic carbocycles. The smallest absolute Gasteiger partial charge is 0.268 e. The molecule has 1 unspecified atom stereocenters. The lowest BCUT2D eigenvalue weighted by Crippen LogP contribution is -2.33. The minimum Gasteiger partial charge on any atom is -0.348 e. The summed E-state index contributed by atoms with van der Waals surface area (Å²) in [4.78, 5) is 11.8. The maximum atomic E-state index is 11.8. The zero-order valence-electron chi connectivity index (χ0n) is 10.5. The Hall–Kier alpha value is -1.25. The van der Waals surface area contributed by atoms with Gasteiger partial charge in [-0.05, 0) is 25.5 Å². The third-order valence-corrected chi connectivity index (χ3v) is 2.79. The van der Waals surface area contributed by atoms with Crippen LogP contribution in [0.1, 0.15) is 50.0 Å². The number of rotatable bonds is 6. The SMILES string of the molecule is CCCCCC(C)NC(=O)c1cccn1C. The van der Waals surface area contributed by atoms with E-state index in [0.29, 0.717) is 0 Å². The summed E-state index contributed by atoms with van der Waals surface area (Å²) in [5.41, 5.74) is 0.724. The second-order valence-electron chi connectivity index (χ2n) is 4.37.